The first kappa shape index (κ1) is 14.7. The van der Waals surface area contributed by atoms with Crippen LogP contribution in [0.2, 0.25) is 5.02 Å². The van der Waals surface area contributed by atoms with Crippen molar-refractivity contribution in [2.75, 3.05) is 13.1 Å². The summed E-state index contributed by atoms with van der Waals surface area (Å²) in [4.78, 5) is 17.6. The van der Waals surface area contributed by atoms with E-state index in [4.69, 9.17) is 11.6 Å². The average molecular weight is 321 g/mol. The zero-order chi connectivity index (χ0) is 14.7. The lowest BCUT2D eigenvalue weighted by atomic mass is 9.97. The molecule has 1 aromatic carbocycles. The molecule has 0 radical (unpaired) electrons. The van der Waals surface area contributed by atoms with Crippen LogP contribution >= 0.6 is 22.9 Å². The quantitative estimate of drug-likeness (QED) is 0.799. The summed E-state index contributed by atoms with van der Waals surface area (Å²) in [7, 11) is 0. The van der Waals surface area contributed by atoms with E-state index in [1.54, 1.807) is 11.3 Å². The van der Waals surface area contributed by atoms with Crippen LogP contribution in [0.5, 0.6) is 0 Å². The Morgan fingerprint density at radius 3 is 2.62 bits per heavy atom. The summed E-state index contributed by atoms with van der Waals surface area (Å²) < 4.78 is 0. The van der Waals surface area contributed by atoms with Crippen LogP contribution in [-0.2, 0) is 6.54 Å². The molecule has 110 valence electrons. The molecule has 3 nitrogen and oxygen atoms in total. The molecule has 1 fully saturated rings. The number of rotatable bonds is 4. The predicted octanol–water partition coefficient (Wildman–Crippen LogP) is 3.99. The number of likely N-dealkylation sites (tertiary alicyclic amines) is 1. The van der Waals surface area contributed by atoms with E-state index in [1.165, 1.54) is 5.56 Å². The molecule has 1 aliphatic heterocycles. The average Bonchev–Trinajstić information content (AvgIpc) is 2.99. The molecule has 5 heteroatoms. The fourth-order valence-corrected chi connectivity index (χ4v) is 3.79. The molecular weight excluding hydrogens is 304 g/mol. The number of carbonyl (C=O) groups is 1. The lowest BCUT2D eigenvalue weighted by Crippen LogP contribution is -2.32. The highest BCUT2D eigenvalue weighted by molar-refractivity contribution is 7.09. The van der Waals surface area contributed by atoms with E-state index in [0.29, 0.717) is 11.6 Å². The van der Waals surface area contributed by atoms with Crippen molar-refractivity contribution in [1.82, 2.24) is 9.88 Å². The van der Waals surface area contributed by atoms with Crippen molar-refractivity contribution < 1.29 is 4.79 Å². The summed E-state index contributed by atoms with van der Waals surface area (Å²) in [5.74, 6) is 0.505. The van der Waals surface area contributed by atoms with Gasteiger partial charge in [0, 0.05) is 22.9 Å². The van der Waals surface area contributed by atoms with Crippen LogP contribution in [-0.4, -0.2) is 29.3 Å². The van der Waals surface area contributed by atoms with Crippen LogP contribution in [0.3, 0.4) is 0 Å². The predicted molar refractivity (Wildman–Crippen MR) is 86.2 cm³/mol. The number of hydrogen-bond donors (Lipinski definition) is 0. The Morgan fingerprint density at radius 2 is 2.00 bits per heavy atom. The normalized spacial score (nSPS) is 17.0. The van der Waals surface area contributed by atoms with Crippen LogP contribution in [0, 0.1) is 0 Å². The molecule has 0 amide bonds. The first-order valence-electron chi connectivity index (χ1n) is 7.12. The van der Waals surface area contributed by atoms with Gasteiger partial charge in [-0.05, 0) is 43.6 Å². The third kappa shape index (κ3) is 3.70. The van der Waals surface area contributed by atoms with Crippen molar-refractivity contribution in [1.29, 1.82) is 0 Å². The minimum Gasteiger partial charge on any atom is -0.299 e. The van der Waals surface area contributed by atoms with E-state index in [1.807, 2.05) is 17.5 Å². The Balaban J connectivity index is 1.55. The molecule has 2 heterocycles. The van der Waals surface area contributed by atoms with Crippen LogP contribution < -0.4 is 0 Å². The van der Waals surface area contributed by atoms with E-state index < -0.39 is 0 Å². The highest BCUT2D eigenvalue weighted by atomic mass is 35.5. The Hall–Kier alpha value is -1.23. The molecule has 0 atom stereocenters. The van der Waals surface area contributed by atoms with Gasteiger partial charge < -0.3 is 0 Å². The number of carbonyl (C=O) groups excluding carboxylic acids is 1. The molecule has 0 unspecified atom stereocenters. The Kier molecular flexibility index (Phi) is 4.68. The first-order chi connectivity index (χ1) is 10.2. The molecule has 0 N–H and O–H groups in total. The van der Waals surface area contributed by atoms with Gasteiger partial charge in [0.2, 0.25) is 0 Å². The monoisotopic (exact) mass is 320 g/mol. The van der Waals surface area contributed by atoms with Gasteiger partial charge in [-0.1, -0.05) is 23.7 Å². The number of benzene rings is 1. The lowest BCUT2D eigenvalue weighted by Gasteiger charge is -2.31. The van der Waals surface area contributed by atoms with Gasteiger partial charge in [-0.2, -0.15) is 0 Å². The highest BCUT2D eigenvalue weighted by Crippen LogP contribution is 2.30. The van der Waals surface area contributed by atoms with E-state index in [0.717, 1.165) is 48.8 Å². The minimum absolute atomic E-state index is 0.505. The maximum Gasteiger partial charge on any atom is 0.169 e. The van der Waals surface area contributed by atoms with Gasteiger partial charge in [0.1, 0.15) is 5.69 Å². The fraction of sp³-hybridized carbons (Fsp3) is 0.375. The van der Waals surface area contributed by atoms with Crippen LogP contribution in [0.15, 0.2) is 29.6 Å². The minimum atomic E-state index is 0.505. The maximum atomic E-state index is 10.7. The molecule has 21 heavy (non-hydrogen) atoms. The van der Waals surface area contributed by atoms with Gasteiger partial charge in [0.05, 0.1) is 5.01 Å². The summed E-state index contributed by atoms with van der Waals surface area (Å²) in [5.41, 5.74) is 1.87. The first-order valence-corrected chi connectivity index (χ1v) is 8.38. The number of halogens is 1. The maximum absolute atomic E-state index is 10.7. The zero-order valence-corrected chi connectivity index (χ0v) is 13.2. The number of aldehydes is 1. The number of thiazole rings is 1. The van der Waals surface area contributed by atoms with Gasteiger partial charge in [0.15, 0.2) is 6.29 Å². The Morgan fingerprint density at radius 1 is 1.29 bits per heavy atom. The highest BCUT2D eigenvalue weighted by Gasteiger charge is 2.22. The summed E-state index contributed by atoms with van der Waals surface area (Å²) in [6.07, 6.45) is 3.05. The number of aromatic nitrogens is 1. The topological polar surface area (TPSA) is 33.2 Å². The largest absolute Gasteiger partial charge is 0.299 e. The van der Waals surface area contributed by atoms with Gasteiger partial charge in [-0.25, -0.2) is 4.98 Å². The summed E-state index contributed by atoms with van der Waals surface area (Å²) in [6.45, 7) is 3.12. The molecular formula is C16H17ClN2OS. The zero-order valence-electron chi connectivity index (χ0n) is 11.7. The van der Waals surface area contributed by atoms with Crippen molar-refractivity contribution in [3.8, 4) is 0 Å². The SMILES string of the molecule is O=Cc1csc(C2CCN(Cc3ccc(Cl)cc3)CC2)n1. The molecule has 3 rings (SSSR count). The molecule has 1 saturated heterocycles. The Labute approximate surface area is 133 Å². The molecule has 0 aliphatic carbocycles. The fourth-order valence-electron chi connectivity index (χ4n) is 2.73. The molecule has 0 saturated carbocycles. The molecule has 0 bridgehead atoms. The molecule has 1 aromatic heterocycles. The van der Waals surface area contributed by atoms with Crippen molar-refractivity contribution in [2.45, 2.75) is 25.3 Å². The van der Waals surface area contributed by atoms with Crippen molar-refractivity contribution in [3.63, 3.8) is 0 Å². The van der Waals surface area contributed by atoms with Gasteiger partial charge >= 0.3 is 0 Å². The summed E-state index contributed by atoms with van der Waals surface area (Å²) in [6, 6.07) is 8.07. The van der Waals surface area contributed by atoms with Gasteiger partial charge in [0.25, 0.3) is 0 Å². The standard InChI is InChI=1S/C16H17ClN2OS/c17-14-3-1-12(2-4-14)9-19-7-5-13(6-8-19)16-18-15(10-20)11-21-16/h1-4,10-11,13H,5-9H2. The second-order valence-electron chi connectivity index (χ2n) is 5.41. The van der Waals surface area contributed by atoms with Crippen LogP contribution in [0.1, 0.15) is 39.8 Å². The van der Waals surface area contributed by atoms with Gasteiger partial charge in [-0.3, -0.25) is 9.69 Å². The Bertz CT molecular complexity index is 603. The number of hydrogen-bond acceptors (Lipinski definition) is 4. The van der Waals surface area contributed by atoms with Crippen molar-refractivity contribution >= 4 is 29.2 Å². The van der Waals surface area contributed by atoms with Crippen molar-refractivity contribution in [2.24, 2.45) is 0 Å². The number of nitrogens with zero attached hydrogens (tertiary/aromatic N) is 2. The van der Waals surface area contributed by atoms with E-state index in [9.17, 15) is 4.79 Å². The third-order valence-electron chi connectivity index (χ3n) is 3.92. The second kappa shape index (κ2) is 6.69. The number of piperidine rings is 1. The molecule has 0 spiro atoms. The lowest BCUT2D eigenvalue weighted by molar-refractivity contribution is 0.111. The molecule has 2 aromatic rings. The van der Waals surface area contributed by atoms with Crippen LogP contribution in [0.25, 0.3) is 0 Å². The second-order valence-corrected chi connectivity index (χ2v) is 6.73. The van der Waals surface area contributed by atoms with Crippen LogP contribution in [0.4, 0.5) is 0 Å². The third-order valence-corrected chi connectivity index (χ3v) is 5.19. The molecule has 1 aliphatic rings. The van der Waals surface area contributed by atoms with Gasteiger partial charge in [-0.15, -0.1) is 11.3 Å². The van der Waals surface area contributed by atoms with E-state index in [-0.39, 0.29) is 0 Å². The van der Waals surface area contributed by atoms with E-state index in [2.05, 4.69) is 22.0 Å². The summed E-state index contributed by atoms with van der Waals surface area (Å²) in [5, 5.41) is 3.75. The van der Waals surface area contributed by atoms with E-state index >= 15 is 0 Å². The summed E-state index contributed by atoms with van der Waals surface area (Å²) >= 11 is 7.52. The van der Waals surface area contributed by atoms with Crippen molar-refractivity contribution in [3.05, 3.63) is 50.9 Å². The smallest absolute Gasteiger partial charge is 0.169 e.